The molecular weight excluding hydrogens is 200 g/mol. The summed E-state index contributed by atoms with van der Waals surface area (Å²) >= 11 is 0. The second-order valence-electron chi connectivity index (χ2n) is 4.99. The quantitative estimate of drug-likeness (QED) is 0.592. The van der Waals surface area contributed by atoms with Crippen LogP contribution in [0, 0.1) is 0 Å². The minimum absolute atomic E-state index is 0.537. The molecule has 1 unspecified atom stereocenters. The number of ether oxygens (including phenoxy) is 1. The van der Waals surface area contributed by atoms with Crippen molar-refractivity contribution in [3.8, 4) is 0 Å². The van der Waals surface area contributed by atoms with Gasteiger partial charge < -0.3 is 15.4 Å². The van der Waals surface area contributed by atoms with E-state index in [0.29, 0.717) is 12.1 Å². The number of hydrogen-bond acceptors (Lipinski definition) is 3. The van der Waals surface area contributed by atoms with Crippen LogP contribution < -0.4 is 10.6 Å². The van der Waals surface area contributed by atoms with Crippen molar-refractivity contribution in [1.82, 2.24) is 10.6 Å². The molecule has 1 rings (SSSR count). The molecule has 0 bridgehead atoms. The number of unbranched alkanes of at least 4 members (excludes halogenated alkanes) is 1. The predicted octanol–water partition coefficient (Wildman–Crippen LogP) is 1.92. The molecule has 3 heteroatoms. The smallest absolute Gasteiger partial charge is 0.0588 e. The van der Waals surface area contributed by atoms with Gasteiger partial charge in [0.15, 0.2) is 0 Å². The molecule has 1 saturated heterocycles. The molecule has 0 aromatic carbocycles. The van der Waals surface area contributed by atoms with Gasteiger partial charge in [-0.2, -0.15) is 0 Å². The van der Waals surface area contributed by atoms with E-state index in [0.717, 1.165) is 26.2 Å². The van der Waals surface area contributed by atoms with Crippen molar-refractivity contribution in [3.63, 3.8) is 0 Å². The molecule has 2 N–H and O–H groups in total. The first-order valence-electron chi connectivity index (χ1n) is 6.84. The maximum Gasteiger partial charge on any atom is 0.0588 e. The van der Waals surface area contributed by atoms with Gasteiger partial charge in [0.25, 0.3) is 0 Å². The second-order valence-corrected chi connectivity index (χ2v) is 4.99. The van der Waals surface area contributed by atoms with Crippen LogP contribution in [0.2, 0.25) is 0 Å². The molecule has 0 spiro atoms. The highest BCUT2D eigenvalue weighted by atomic mass is 16.5. The van der Waals surface area contributed by atoms with Gasteiger partial charge in [-0.3, -0.25) is 0 Å². The summed E-state index contributed by atoms with van der Waals surface area (Å²) in [6.07, 6.45) is 6.78. The summed E-state index contributed by atoms with van der Waals surface area (Å²) in [5.74, 6) is 0. The lowest BCUT2D eigenvalue weighted by Crippen LogP contribution is -2.25. The minimum atomic E-state index is 0.537. The Bertz CT molecular complexity index is 156. The van der Waals surface area contributed by atoms with Crippen LogP contribution in [0.3, 0.4) is 0 Å². The van der Waals surface area contributed by atoms with Gasteiger partial charge >= 0.3 is 0 Å². The van der Waals surface area contributed by atoms with Gasteiger partial charge in [0.2, 0.25) is 0 Å². The molecule has 0 radical (unpaired) electrons. The van der Waals surface area contributed by atoms with Crippen LogP contribution in [-0.2, 0) is 4.74 Å². The summed E-state index contributed by atoms with van der Waals surface area (Å²) in [5.41, 5.74) is 0. The maximum atomic E-state index is 5.57. The van der Waals surface area contributed by atoms with Crippen LogP contribution >= 0.6 is 0 Å². The van der Waals surface area contributed by atoms with E-state index in [-0.39, 0.29) is 0 Å². The first-order valence-corrected chi connectivity index (χ1v) is 6.84. The van der Waals surface area contributed by atoms with E-state index in [1.165, 1.54) is 32.1 Å². The van der Waals surface area contributed by atoms with E-state index in [4.69, 9.17) is 4.74 Å². The highest BCUT2D eigenvalue weighted by Gasteiger charge is 2.13. The molecule has 1 fully saturated rings. The summed E-state index contributed by atoms with van der Waals surface area (Å²) in [6, 6.07) is 0.618. The van der Waals surface area contributed by atoms with Crippen molar-refractivity contribution in [2.45, 2.75) is 58.1 Å². The molecule has 0 saturated carbocycles. The van der Waals surface area contributed by atoms with Gasteiger partial charge in [0, 0.05) is 12.6 Å². The third-order valence-corrected chi connectivity index (χ3v) is 3.00. The van der Waals surface area contributed by atoms with Crippen molar-refractivity contribution in [2.75, 3.05) is 26.2 Å². The SMILES string of the molecule is CC(C)NCCCCNCCC1CCCO1. The first kappa shape index (κ1) is 13.9. The highest BCUT2D eigenvalue weighted by molar-refractivity contribution is 4.66. The van der Waals surface area contributed by atoms with Crippen LogP contribution in [0.25, 0.3) is 0 Å². The molecule has 16 heavy (non-hydrogen) atoms. The second kappa shape index (κ2) is 8.97. The van der Waals surface area contributed by atoms with Gasteiger partial charge in [-0.1, -0.05) is 13.8 Å². The van der Waals surface area contributed by atoms with Crippen LogP contribution in [-0.4, -0.2) is 38.4 Å². The summed E-state index contributed by atoms with van der Waals surface area (Å²) in [5, 5.41) is 6.93. The fourth-order valence-corrected chi connectivity index (χ4v) is 2.03. The molecule has 0 amide bonds. The van der Waals surface area contributed by atoms with Crippen LogP contribution in [0.5, 0.6) is 0 Å². The fourth-order valence-electron chi connectivity index (χ4n) is 2.03. The largest absolute Gasteiger partial charge is 0.378 e. The first-order chi connectivity index (χ1) is 7.79. The van der Waals surface area contributed by atoms with Crippen LogP contribution in [0.15, 0.2) is 0 Å². The Morgan fingerprint density at radius 3 is 2.69 bits per heavy atom. The molecule has 96 valence electrons. The predicted molar refractivity (Wildman–Crippen MR) is 68.8 cm³/mol. The molecule has 0 aliphatic carbocycles. The molecule has 1 aliphatic rings. The van der Waals surface area contributed by atoms with Crippen molar-refractivity contribution in [2.24, 2.45) is 0 Å². The lowest BCUT2D eigenvalue weighted by atomic mass is 10.2. The van der Waals surface area contributed by atoms with Gasteiger partial charge in [-0.15, -0.1) is 0 Å². The molecule has 3 nitrogen and oxygen atoms in total. The van der Waals surface area contributed by atoms with Crippen molar-refractivity contribution in [3.05, 3.63) is 0 Å². The van der Waals surface area contributed by atoms with E-state index in [2.05, 4.69) is 24.5 Å². The topological polar surface area (TPSA) is 33.3 Å². The summed E-state index contributed by atoms with van der Waals surface area (Å²) in [4.78, 5) is 0. The molecule has 0 aromatic heterocycles. The minimum Gasteiger partial charge on any atom is -0.378 e. The Kier molecular flexibility index (Phi) is 7.81. The Labute approximate surface area is 100 Å². The third-order valence-electron chi connectivity index (χ3n) is 3.00. The summed E-state index contributed by atoms with van der Waals surface area (Å²) < 4.78 is 5.57. The number of hydrogen-bond donors (Lipinski definition) is 2. The summed E-state index contributed by atoms with van der Waals surface area (Å²) in [7, 11) is 0. The normalized spacial score (nSPS) is 20.8. The Morgan fingerprint density at radius 1 is 1.19 bits per heavy atom. The average molecular weight is 228 g/mol. The van der Waals surface area contributed by atoms with Crippen LogP contribution in [0.4, 0.5) is 0 Å². The Morgan fingerprint density at radius 2 is 2.00 bits per heavy atom. The van der Waals surface area contributed by atoms with E-state index in [1.807, 2.05) is 0 Å². The van der Waals surface area contributed by atoms with Crippen molar-refractivity contribution in [1.29, 1.82) is 0 Å². The van der Waals surface area contributed by atoms with Gasteiger partial charge in [-0.25, -0.2) is 0 Å². The molecule has 1 atom stereocenters. The lowest BCUT2D eigenvalue weighted by molar-refractivity contribution is 0.104. The van der Waals surface area contributed by atoms with E-state index >= 15 is 0 Å². The third kappa shape index (κ3) is 7.20. The molecule has 1 heterocycles. The van der Waals surface area contributed by atoms with Gasteiger partial charge in [0.05, 0.1) is 6.10 Å². The zero-order valence-electron chi connectivity index (χ0n) is 10.9. The average Bonchev–Trinajstić information content (AvgIpc) is 2.74. The Hall–Kier alpha value is -0.120. The molecule has 1 aliphatic heterocycles. The molecule has 0 aromatic rings. The van der Waals surface area contributed by atoms with E-state index < -0.39 is 0 Å². The van der Waals surface area contributed by atoms with Gasteiger partial charge in [-0.05, 0) is 51.7 Å². The van der Waals surface area contributed by atoms with Crippen molar-refractivity contribution < 1.29 is 4.74 Å². The highest BCUT2D eigenvalue weighted by Crippen LogP contribution is 2.14. The monoisotopic (exact) mass is 228 g/mol. The van der Waals surface area contributed by atoms with E-state index in [1.54, 1.807) is 0 Å². The zero-order chi connectivity index (χ0) is 11.6. The summed E-state index contributed by atoms with van der Waals surface area (Å²) in [6.45, 7) is 8.77. The van der Waals surface area contributed by atoms with Crippen LogP contribution in [0.1, 0.15) is 46.0 Å². The maximum absolute atomic E-state index is 5.57. The number of rotatable bonds is 9. The zero-order valence-corrected chi connectivity index (χ0v) is 10.9. The lowest BCUT2D eigenvalue weighted by Gasteiger charge is -2.10. The molecular formula is C13H28N2O. The van der Waals surface area contributed by atoms with E-state index in [9.17, 15) is 0 Å². The Balaban J connectivity index is 1.74. The van der Waals surface area contributed by atoms with Crippen molar-refractivity contribution >= 4 is 0 Å². The number of nitrogens with one attached hydrogen (secondary N) is 2. The standard InChI is InChI=1S/C13H28N2O/c1-12(2)15-9-4-3-8-14-10-7-13-6-5-11-16-13/h12-15H,3-11H2,1-2H3. The van der Waals surface area contributed by atoms with Gasteiger partial charge in [0.1, 0.15) is 0 Å². The fraction of sp³-hybridized carbons (Fsp3) is 1.00.